The first kappa shape index (κ1) is 9.19. The highest BCUT2D eigenvalue weighted by Gasteiger charge is 2.16. The quantitative estimate of drug-likeness (QED) is 0.693. The van der Waals surface area contributed by atoms with Crippen molar-refractivity contribution in [1.29, 1.82) is 0 Å². The van der Waals surface area contributed by atoms with Gasteiger partial charge in [-0.3, -0.25) is 0 Å². The van der Waals surface area contributed by atoms with Gasteiger partial charge in [-0.25, -0.2) is 4.39 Å². The minimum Gasteiger partial charge on any atom is -0.356 e. The first-order valence-electron chi connectivity index (χ1n) is 4.65. The molecule has 3 heteroatoms. The maximum Gasteiger partial charge on any atom is 0.173 e. The van der Waals surface area contributed by atoms with Crippen LogP contribution in [0.15, 0.2) is 16.7 Å². The standard InChI is InChI=1S/C11H12FNO/c1-6(2)10-9(12)5-4-8-7(3)13-14-11(8)10/h4-6H,1-3H3. The number of rotatable bonds is 1. The molecular formula is C11H12FNO. The van der Waals surface area contributed by atoms with Crippen LogP contribution < -0.4 is 0 Å². The Hall–Kier alpha value is -1.38. The first-order chi connectivity index (χ1) is 6.61. The van der Waals surface area contributed by atoms with Gasteiger partial charge in [0.25, 0.3) is 0 Å². The second-order valence-corrected chi connectivity index (χ2v) is 3.76. The Balaban J connectivity index is 2.83. The molecule has 14 heavy (non-hydrogen) atoms. The summed E-state index contributed by atoms with van der Waals surface area (Å²) in [6.45, 7) is 5.74. The van der Waals surface area contributed by atoms with Gasteiger partial charge in [0.2, 0.25) is 0 Å². The summed E-state index contributed by atoms with van der Waals surface area (Å²) in [5.74, 6) is -0.116. The lowest BCUT2D eigenvalue weighted by molar-refractivity contribution is 0.443. The Morgan fingerprint density at radius 1 is 1.36 bits per heavy atom. The first-order valence-corrected chi connectivity index (χ1v) is 4.65. The van der Waals surface area contributed by atoms with Crippen LogP contribution in [0.2, 0.25) is 0 Å². The molecule has 0 aliphatic rings. The summed E-state index contributed by atoms with van der Waals surface area (Å²) in [4.78, 5) is 0. The van der Waals surface area contributed by atoms with Crippen molar-refractivity contribution in [3.05, 3.63) is 29.2 Å². The van der Waals surface area contributed by atoms with E-state index < -0.39 is 0 Å². The van der Waals surface area contributed by atoms with Gasteiger partial charge in [0.15, 0.2) is 5.58 Å². The Bertz CT molecular complexity index is 473. The summed E-state index contributed by atoms with van der Waals surface area (Å²) in [5, 5.41) is 4.74. The fraction of sp³-hybridized carbons (Fsp3) is 0.364. The Kier molecular flexibility index (Phi) is 2.02. The summed E-state index contributed by atoms with van der Waals surface area (Å²) in [6.07, 6.45) is 0. The van der Waals surface area contributed by atoms with Gasteiger partial charge in [-0.1, -0.05) is 19.0 Å². The maximum atomic E-state index is 13.5. The van der Waals surface area contributed by atoms with Gasteiger partial charge in [-0.05, 0) is 25.0 Å². The van der Waals surface area contributed by atoms with Crippen LogP contribution in [-0.2, 0) is 0 Å². The lowest BCUT2D eigenvalue weighted by Crippen LogP contribution is -1.93. The van der Waals surface area contributed by atoms with Crippen LogP contribution in [0.5, 0.6) is 0 Å². The van der Waals surface area contributed by atoms with E-state index in [1.807, 2.05) is 20.8 Å². The third-order valence-electron chi connectivity index (χ3n) is 2.38. The van der Waals surface area contributed by atoms with E-state index in [2.05, 4.69) is 5.16 Å². The number of aryl methyl sites for hydroxylation is 1. The van der Waals surface area contributed by atoms with E-state index in [1.165, 1.54) is 6.07 Å². The predicted octanol–water partition coefficient (Wildman–Crippen LogP) is 3.40. The molecule has 74 valence electrons. The number of hydrogen-bond acceptors (Lipinski definition) is 2. The minimum atomic E-state index is -0.219. The van der Waals surface area contributed by atoms with Crippen LogP contribution in [0.1, 0.15) is 31.0 Å². The lowest BCUT2D eigenvalue weighted by Gasteiger charge is -2.06. The van der Waals surface area contributed by atoms with Crippen molar-refractivity contribution in [3.8, 4) is 0 Å². The smallest absolute Gasteiger partial charge is 0.173 e. The molecule has 0 spiro atoms. The van der Waals surface area contributed by atoms with Crippen LogP contribution in [-0.4, -0.2) is 5.16 Å². The number of hydrogen-bond donors (Lipinski definition) is 0. The number of fused-ring (bicyclic) bond motifs is 1. The number of halogens is 1. The number of nitrogens with zero attached hydrogens (tertiary/aromatic N) is 1. The highest BCUT2D eigenvalue weighted by molar-refractivity contribution is 5.82. The predicted molar refractivity (Wildman–Crippen MR) is 52.8 cm³/mol. The molecule has 1 aromatic heterocycles. The van der Waals surface area contributed by atoms with E-state index in [0.717, 1.165) is 11.1 Å². The molecule has 0 radical (unpaired) electrons. The van der Waals surface area contributed by atoms with Crippen molar-refractivity contribution < 1.29 is 8.91 Å². The molecule has 1 heterocycles. The van der Waals surface area contributed by atoms with Crippen LogP contribution in [0.3, 0.4) is 0 Å². The molecule has 0 amide bonds. The van der Waals surface area contributed by atoms with Gasteiger partial charge in [-0.15, -0.1) is 0 Å². The third-order valence-corrected chi connectivity index (χ3v) is 2.38. The molecule has 0 bridgehead atoms. The van der Waals surface area contributed by atoms with E-state index in [-0.39, 0.29) is 11.7 Å². The molecule has 0 saturated carbocycles. The molecule has 0 aliphatic carbocycles. The summed E-state index contributed by atoms with van der Waals surface area (Å²) in [7, 11) is 0. The molecule has 0 atom stereocenters. The minimum absolute atomic E-state index is 0.103. The Morgan fingerprint density at radius 2 is 2.07 bits per heavy atom. The van der Waals surface area contributed by atoms with Crippen LogP contribution in [0, 0.1) is 12.7 Å². The lowest BCUT2D eigenvalue weighted by atomic mass is 10.00. The molecule has 0 saturated heterocycles. The van der Waals surface area contributed by atoms with E-state index in [1.54, 1.807) is 6.07 Å². The molecule has 0 N–H and O–H groups in total. The second kappa shape index (κ2) is 3.08. The van der Waals surface area contributed by atoms with E-state index in [0.29, 0.717) is 11.1 Å². The summed E-state index contributed by atoms with van der Waals surface area (Å²) in [6, 6.07) is 3.18. The highest BCUT2D eigenvalue weighted by atomic mass is 19.1. The maximum absolute atomic E-state index is 13.5. The SMILES string of the molecule is Cc1noc2c(C(C)C)c(F)ccc12. The van der Waals surface area contributed by atoms with Crippen molar-refractivity contribution in [2.24, 2.45) is 0 Å². The second-order valence-electron chi connectivity index (χ2n) is 3.76. The average molecular weight is 193 g/mol. The zero-order chi connectivity index (χ0) is 10.3. The van der Waals surface area contributed by atoms with Gasteiger partial charge in [0.1, 0.15) is 5.82 Å². The van der Waals surface area contributed by atoms with Crippen LogP contribution in [0.25, 0.3) is 11.0 Å². The molecule has 2 nitrogen and oxygen atoms in total. The molecule has 2 rings (SSSR count). The Morgan fingerprint density at radius 3 is 2.71 bits per heavy atom. The highest BCUT2D eigenvalue weighted by Crippen LogP contribution is 2.29. The van der Waals surface area contributed by atoms with Crippen LogP contribution >= 0.6 is 0 Å². The van der Waals surface area contributed by atoms with Gasteiger partial charge in [-0.2, -0.15) is 0 Å². The summed E-state index contributed by atoms with van der Waals surface area (Å²) in [5.41, 5.74) is 2.00. The Labute approximate surface area is 81.7 Å². The molecule has 0 fully saturated rings. The van der Waals surface area contributed by atoms with Crippen molar-refractivity contribution in [2.45, 2.75) is 26.7 Å². The van der Waals surface area contributed by atoms with E-state index >= 15 is 0 Å². The fourth-order valence-electron chi connectivity index (χ4n) is 1.66. The van der Waals surface area contributed by atoms with Crippen LogP contribution in [0.4, 0.5) is 4.39 Å². The third kappa shape index (κ3) is 1.20. The largest absolute Gasteiger partial charge is 0.356 e. The molecular weight excluding hydrogens is 181 g/mol. The zero-order valence-electron chi connectivity index (χ0n) is 8.47. The summed E-state index contributed by atoms with van der Waals surface area (Å²) >= 11 is 0. The van der Waals surface area contributed by atoms with Crippen molar-refractivity contribution in [2.75, 3.05) is 0 Å². The topological polar surface area (TPSA) is 26.0 Å². The van der Waals surface area contributed by atoms with Gasteiger partial charge >= 0.3 is 0 Å². The average Bonchev–Trinajstić information content (AvgIpc) is 2.47. The van der Waals surface area contributed by atoms with Crippen molar-refractivity contribution in [3.63, 3.8) is 0 Å². The fourth-order valence-corrected chi connectivity index (χ4v) is 1.66. The number of aromatic nitrogens is 1. The molecule has 2 aromatic rings. The normalized spacial score (nSPS) is 11.5. The zero-order valence-corrected chi connectivity index (χ0v) is 8.47. The van der Waals surface area contributed by atoms with E-state index in [9.17, 15) is 4.39 Å². The van der Waals surface area contributed by atoms with Crippen molar-refractivity contribution in [1.82, 2.24) is 5.16 Å². The molecule has 0 unspecified atom stereocenters. The number of benzene rings is 1. The molecule has 0 aliphatic heterocycles. The molecule has 1 aromatic carbocycles. The van der Waals surface area contributed by atoms with Crippen molar-refractivity contribution >= 4 is 11.0 Å². The van der Waals surface area contributed by atoms with E-state index in [4.69, 9.17) is 4.52 Å². The van der Waals surface area contributed by atoms with Gasteiger partial charge in [0, 0.05) is 10.9 Å². The van der Waals surface area contributed by atoms with Gasteiger partial charge < -0.3 is 4.52 Å². The van der Waals surface area contributed by atoms with Gasteiger partial charge in [0.05, 0.1) is 5.69 Å². The monoisotopic (exact) mass is 193 g/mol. The summed E-state index contributed by atoms with van der Waals surface area (Å²) < 4.78 is 18.6.